The molecule has 3 rings (SSSR count). The van der Waals surface area contributed by atoms with Crippen molar-refractivity contribution >= 4 is 30.5 Å². The van der Waals surface area contributed by atoms with Crippen molar-refractivity contribution in [1.29, 1.82) is 0 Å². The number of aliphatic hydroxyl groups excluding tert-OH is 2. The Hall–Kier alpha value is -2.20. The Morgan fingerprint density at radius 3 is 2.60 bits per heavy atom. The van der Waals surface area contributed by atoms with Gasteiger partial charge in [-0.05, 0) is 26.3 Å². The summed E-state index contributed by atoms with van der Waals surface area (Å²) < 4.78 is 45.2. The van der Waals surface area contributed by atoms with E-state index in [2.05, 4.69) is 10.2 Å². The zero-order valence-electron chi connectivity index (χ0n) is 22.2. The van der Waals surface area contributed by atoms with Crippen LogP contribution < -0.4 is 10.8 Å². The van der Waals surface area contributed by atoms with E-state index in [9.17, 15) is 33.9 Å². The van der Waals surface area contributed by atoms with Crippen molar-refractivity contribution in [3.8, 4) is 0 Å². The molecule has 1 aliphatic heterocycles. The van der Waals surface area contributed by atoms with Gasteiger partial charge in [-0.1, -0.05) is 42.1 Å². The Bertz CT molecular complexity index is 1230. The van der Waals surface area contributed by atoms with Crippen LogP contribution in [0.25, 0.3) is 0 Å². The van der Waals surface area contributed by atoms with E-state index >= 15 is 0 Å². The first kappa shape index (κ1) is 32.3. The van der Waals surface area contributed by atoms with Gasteiger partial charge in [0.1, 0.15) is 17.8 Å². The summed E-state index contributed by atoms with van der Waals surface area (Å²) in [6, 6.07) is 8.98. The van der Waals surface area contributed by atoms with Crippen LogP contribution in [0, 0.1) is 11.2 Å². The first-order valence-corrected chi connectivity index (χ1v) is 14.8. The first-order chi connectivity index (χ1) is 18.7. The highest BCUT2D eigenvalue weighted by atomic mass is 32.2. The molecule has 1 saturated heterocycles. The number of amides is 1. The topological polar surface area (TPSA) is 195 Å². The highest BCUT2D eigenvalue weighted by Crippen LogP contribution is 2.46. The zero-order chi connectivity index (χ0) is 29.7. The van der Waals surface area contributed by atoms with E-state index in [0.717, 1.165) is 28.2 Å². The third-order valence-electron chi connectivity index (χ3n) is 6.17. The van der Waals surface area contributed by atoms with Crippen molar-refractivity contribution in [2.24, 2.45) is 11.1 Å². The summed E-state index contributed by atoms with van der Waals surface area (Å²) in [4.78, 5) is 23.6. The van der Waals surface area contributed by atoms with E-state index in [-0.39, 0.29) is 30.6 Å². The van der Waals surface area contributed by atoms with E-state index in [1.807, 2.05) is 6.07 Å². The van der Waals surface area contributed by atoms with Crippen LogP contribution in [0.2, 0.25) is 0 Å². The van der Waals surface area contributed by atoms with Gasteiger partial charge in [0.05, 0.1) is 31.4 Å². The number of aliphatic hydroxyl groups is 3. The van der Waals surface area contributed by atoms with Crippen LogP contribution in [-0.2, 0) is 29.7 Å². The number of carbonyl (C=O) groups is 2. The van der Waals surface area contributed by atoms with Crippen LogP contribution in [0.3, 0.4) is 0 Å². The molecule has 0 radical (unpaired) electrons. The van der Waals surface area contributed by atoms with E-state index in [1.165, 1.54) is 6.92 Å². The van der Waals surface area contributed by atoms with Crippen LogP contribution in [0.5, 0.6) is 0 Å². The number of halogens is 1. The van der Waals surface area contributed by atoms with Crippen LogP contribution >= 0.6 is 19.5 Å². The summed E-state index contributed by atoms with van der Waals surface area (Å²) in [7, 11) is -4.06. The van der Waals surface area contributed by atoms with Gasteiger partial charge in [0, 0.05) is 12.3 Å². The quantitative estimate of drug-likeness (QED) is 0.154. The van der Waals surface area contributed by atoms with Gasteiger partial charge in [-0.25, -0.2) is 18.7 Å². The lowest BCUT2D eigenvalue weighted by atomic mass is 9.97. The number of carbonyl (C=O) groups excluding carboxylic acids is 2. The molecule has 2 aromatic rings. The molecule has 1 aliphatic rings. The Morgan fingerprint density at radius 1 is 1.32 bits per heavy atom. The van der Waals surface area contributed by atoms with Gasteiger partial charge in [0.15, 0.2) is 22.9 Å². The number of primary amides is 1. The number of ether oxygens (including phenoxy) is 1. The smallest absolute Gasteiger partial charge is 0.395 e. The molecule has 1 amide bonds. The number of rotatable bonds is 14. The molecule has 5 atom stereocenters. The number of aromatic nitrogens is 2. The van der Waals surface area contributed by atoms with Crippen molar-refractivity contribution in [1.82, 2.24) is 14.9 Å². The SMILES string of the molecule is CC(C)(CO)C(=O)SCCOP(=O)(NCc1ccccc1)OC[C@H]1O[C@@H](n2cc(F)c(C(N)=O)n2)[C@@](C)(O)C1O. The molecule has 6 N–H and O–H groups in total. The van der Waals surface area contributed by atoms with Crippen molar-refractivity contribution < 1.29 is 47.6 Å². The molecule has 2 heterocycles. The van der Waals surface area contributed by atoms with Crippen LogP contribution in [-0.4, -0.2) is 79.5 Å². The third-order valence-corrected chi connectivity index (χ3v) is 8.91. The molecule has 1 aromatic heterocycles. The molecule has 0 bridgehead atoms. The fraction of sp³-hybridized carbons (Fsp3) is 0.542. The predicted molar refractivity (Wildman–Crippen MR) is 142 cm³/mol. The summed E-state index contributed by atoms with van der Waals surface area (Å²) in [5.74, 6) is -2.05. The summed E-state index contributed by atoms with van der Waals surface area (Å²) in [6.45, 7) is 3.50. The number of nitrogens with zero attached hydrogens (tertiary/aromatic N) is 2. The average molecular weight is 605 g/mol. The highest BCUT2D eigenvalue weighted by Gasteiger charge is 2.54. The van der Waals surface area contributed by atoms with Gasteiger partial charge in [-0.3, -0.25) is 18.6 Å². The fourth-order valence-electron chi connectivity index (χ4n) is 3.65. The minimum atomic E-state index is -4.06. The normalized spacial score (nSPS) is 24.6. The molecule has 0 saturated carbocycles. The summed E-state index contributed by atoms with van der Waals surface area (Å²) >= 11 is 0.910. The maximum Gasteiger partial charge on any atom is 0.405 e. The molecule has 2 unspecified atom stereocenters. The second-order valence-electron chi connectivity index (χ2n) is 9.99. The van der Waals surface area contributed by atoms with Gasteiger partial charge in [-0.2, -0.15) is 5.10 Å². The second kappa shape index (κ2) is 13.2. The van der Waals surface area contributed by atoms with E-state index in [0.29, 0.717) is 0 Å². The van der Waals surface area contributed by atoms with Crippen molar-refractivity contribution in [2.45, 2.75) is 51.4 Å². The maximum absolute atomic E-state index is 14.1. The van der Waals surface area contributed by atoms with Crippen LogP contribution in [0.1, 0.15) is 43.1 Å². The average Bonchev–Trinajstić information content (AvgIpc) is 3.41. The Kier molecular flexibility index (Phi) is 10.7. The minimum absolute atomic E-state index is 0.0958. The molecular formula is C24H34FN4O9PS. The number of thioether (sulfide) groups is 1. The molecular weight excluding hydrogens is 570 g/mol. The summed E-state index contributed by atoms with van der Waals surface area (Å²) in [6.07, 6.45) is -3.50. The molecule has 16 heteroatoms. The van der Waals surface area contributed by atoms with Crippen molar-refractivity contribution in [2.75, 3.05) is 25.6 Å². The molecule has 1 aromatic carbocycles. The van der Waals surface area contributed by atoms with E-state index < -0.39 is 61.2 Å². The van der Waals surface area contributed by atoms with Gasteiger partial charge in [0.25, 0.3) is 5.91 Å². The number of hydrogen-bond donors (Lipinski definition) is 5. The third kappa shape index (κ3) is 7.75. The van der Waals surface area contributed by atoms with Crippen molar-refractivity contribution in [3.63, 3.8) is 0 Å². The number of hydrogen-bond acceptors (Lipinski definition) is 11. The number of nitrogens with one attached hydrogen (secondary N) is 1. The van der Waals surface area contributed by atoms with Crippen LogP contribution in [0.15, 0.2) is 36.5 Å². The lowest BCUT2D eigenvalue weighted by Gasteiger charge is -2.26. The predicted octanol–water partition coefficient (Wildman–Crippen LogP) is 1.34. The first-order valence-electron chi connectivity index (χ1n) is 12.3. The number of benzene rings is 1. The maximum atomic E-state index is 14.1. The standard InChI is InChI=1S/C24H34FN4O9PS/c1-23(2,14-30)22(33)40-10-9-36-39(35,27-11-15-7-5-4-6-8-15)37-13-17-19(31)24(3,34)21(38-17)29-12-16(25)18(28-29)20(26)32/h4-8,12,17,19,21,30-31,34H,9-11,13-14H2,1-3H3,(H2,26,32)(H,27,35)/t17-,19?,21-,24+,39?/m1/s1. The molecule has 40 heavy (non-hydrogen) atoms. The Morgan fingerprint density at radius 2 is 2.00 bits per heavy atom. The molecule has 1 fully saturated rings. The Balaban J connectivity index is 1.68. The number of nitrogens with two attached hydrogens (primary N) is 1. The molecule has 0 spiro atoms. The lowest BCUT2D eigenvalue weighted by molar-refractivity contribution is -0.119. The summed E-state index contributed by atoms with van der Waals surface area (Å²) in [5.41, 5.74) is 2.24. The minimum Gasteiger partial charge on any atom is -0.395 e. The lowest BCUT2D eigenvalue weighted by Crippen LogP contribution is -2.44. The largest absolute Gasteiger partial charge is 0.405 e. The fourth-order valence-corrected chi connectivity index (χ4v) is 5.89. The van der Waals surface area contributed by atoms with E-state index in [1.54, 1.807) is 38.1 Å². The van der Waals surface area contributed by atoms with Crippen LogP contribution in [0.4, 0.5) is 4.39 Å². The zero-order valence-corrected chi connectivity index (χ0v) is 23.9. The monoisotopic (exact) mass is 604 g/mol. The molecule has 222 valence electrons. The van der Waals surface area contributed by atoms with Gasteiger partial charge < -0.3 is 25.8 Å². The second-order valence-corrected chi connectivity index (χ2v) is 12.9. The molecule has 13 nitrogen and oxygen atoms in total. The van der Waals surface area contributed by atoms with Gasteiger partial charge >= 0.3 is 7.75 Å². The molecule has 0 aliphatic carbocycles. The Labute approximate surface area is 234 Å². The van der Waals surface area contributed by atoms with Gasteiger partial charge in [-0.15, -0.1) is 0 Å². The highest BCUT2D eigenvalue weighted by molar-refractivity contribution is 8.13. The summed E-state index contributed by atoms with van der Waals surface area (Å²) in [5, 5.41) is 37.1. The van der Waals surface area contributed by atoms with E-state index in [4.69, 9.17) is 19.5 Å². The van der Waals surface area contributed by atoms with Gasteiger partial charge in [0.2, 0.25) is 0 Å². The van der Waals surface area contributed by atoms with Crippen molar-refractivity contribution in [3.05, 3.63) is 53.6 Å².